The number of aryl methyl sites for hydroxylation is 1. The minimum Gasteiger partial charge on any atom is -0.452 e. The van der Waals surface area contributed by atoms with E-state index in [0.29, 0.717) is 20.7 Å². The van der Waals surface area contributed by atoms with Crippen LogP contribution < -0.4 is 10.6 Å². The molecule has 122 valence electrons. The number of nitrogens with one attached hydrogen (secondary N) is 2. The molecule has 0 aliphatic rings. The Kier molecular flexibility index (Phi) is 5.67. The summed E-state index contributed by atoms with van der Waals surface area (Å²) in [6.07, 6.45) is 0. The van der Waals surface area contributed by atoms with Gasteiger partial charge in [-0.25, -0.2) is 9.18 Å². The maximum Gasteiger partial charge on any atom is 0.343 e. The first-order valence-corrected chi connectivity index (χ1v) is 8.05. The van der Waals surface area contributed by atoms with Crippen LogP contribution in [0.15, 0.2) is 22.7 Å². The van der Waals surface area contributed by atoms with E-state index in [1.807, 2.05) is 0 Å². The monoisotopic (exact) mass is 401 g/mol. The molecule has 6 nitrogen and oxygen atoms in total. The van der Waals surface area contributed by atoms with Gasteiger partial charge in [0.15, 0.2) is 6.61 Å². The molecule has 1 heterocycles. The van der Waals surface area contributed by atoms with Crippen LogP contribution in [0.3, 0.4) is 0 Å². The summed E-state index contributed by atoms with van der Waals surface area (Å²) in [5, 5.41) is 5.74. The molecule has 1 aromatic carbocycles. The van der Waals surface area contributed by atoms with Crippen molar-refractivity contribution in [2.75, 3.05) is 24.3 Å². The van der Waals surface area contributed by atoms with Gasteiger partial charge in [0.05, 0.1) is 11.4 Å². The Balaban J connectivity index is 1.96. The number of rotatable bonds is 5. The summed E-state index contributed by atoms with van der Waals surface area (Å²) >= 11 is 4.25. The zero-order valence-electron chi connectivity index (χ0n) is 12.3. The lowest BCUT2D eigenvalue weighted by atomic mass is 10.2. The SMILES string of the molecule is CNc1snc(C)c1C(=O)OCC(=O)Nc1ccc(Br)cc1F. The first-order valence-electron chi connectivity index (χ1n) is 6.48. The zero-order chi connectivity index (χ0) is 17.0. The van der Waals surface area contributed by atoms with E-state index in [9.17, 15) is 14.0 Å². The van der Waals surface area contributed by atoms with Gasteiger partial charge in [0.1, 0.15) is 16.4 Å². The van der Waals surface area contributed by atoms with Gasteiger partial charge in [0.25, 0.3) is 5.91 Å². The molecule has 0 bridgehead atoms. The third-order valence-electron chi connectivity index (χ3n) is 2.83. The Labute approximate surface area is 144 Å². The largest absolute Gasteiger partial charge is 0.452 e. The van der Waals surface area contributed by atoms with Gasteiger partial charge < -0.3 is 15.4 Å². The molecule has 0 radical (unpaired) electrons. The molecule has 0 aliphatic heterocycles. The third kappa shape index (κ3) is 4.26. The van der Waals surface area contributed by atoms with Crippen LogP contribution in [0.2, 0.25) is 0 Å². The van der Waals surface area contributed by atoms with Gasteiger partial charge in [0.2, 0.25) is 0 Å². The Morgan fingerprint density at radius 2 is 2.17 bits per heavy atom. The van der Waals surface area contributed by atoms with Crippen molar-refractivity contribution in [2.45, 2.75) is 6.92 Å². The molecule has 1 aromatic heterocycles. The van der Waals surface area contributed by atoms with Gasteiger partial charge in [-0.3, -0.25) is 4.79 Å². The fraction of sp³-hybridized carbons (Fsp3) is 0.214. The summed E-state index contributed by atoms with van der Waals surface area (Å²) in [5.41, 5.74) is 0.822. The Bertz CT molecular complexity index is 751. The summed E-state index contributed by atoms with van der Waals surface area (Å²) in [6, 6.07) is 4.22. The topological polar surface area (TPSA) is 80.3 Å². The van der Waals surface area contributed by atoms with E-state index < -0.39 is 24.3 Å². The number of hydrogen-bond donors (Lipinski definition) is 2. The van der Waals surface area contributed by atoms with Crippen molar-refractivity contribution in [3.8, 4) is 0 Å². The zero-order valence-corrected chi connectivity index (χ0v) is 14.7. The fourth-order valence-corrected chi connectivity index (χ4v) is 2.83. The molecule has 0 saturated heterocycles. The van der Waals surface area contributed by atoms with Gasteiger partial charge in [-0.1, -0.05) is 15.9 Å². The minimum absolute atomic E-state index is 0.0125. The van der Waals surface area contributed by atoms with Gasteiger partial charge in [-0.15, -0.1) is 0 Å². The van der Waals surface area contributed by atoms with Crippen molar-refractivity contribution in [3.63, 3.8) is 0 Å². The van der Waals surface area contributed by atoms with Crippen LogP contribution in [0.1, 0.15) is 16.1 Å². The van der Waals surface area contributed by atoms with Crippen LogP contribution in [-0.2, 0) is 9.53 Å². The first-order chi connectivity index (χ1) is 10.9. The summed E-state index contributed by atoms with van der Waals surface area (Å²) in [6.45, 7) is 1.15. The summed E-state index contributed by atoms with van der Waals surface area (Å²) < 4.78 is 23.2. The number of benzene rings is 1. The summed E-state index contributed by atoms with van der Waals surface area (Å²) in [4.78, 5) is 23.8. The third-order valence-corrected chi connectivity index (χ3v) is 4.28. The number of halogens is 2. The Morgan fingerprint density at radius 1 is 1.43 bits per heavy atom. The van der Waals surface area contributed by atoms with E-state index >= 15 is 0 Å². The number of nitrogens with zero attached hydrogens (tertiary/aromatic N) is 1. The van der Waals surface area contributed by atoms with Crippen molar-refractivity contribution in [2.24, 2.45) is 0 Å². The molecule has 0 spiro atoms. The van der Waals surface area contributed by atoms with Crippen LogP contribution in [0.4, 0.5) is 15.1 Å². The number of amides is 1. The van der Waals surface area contributed by atoms with Crippen LogP contribution in [-0.4, -0.2) is 29.9 Å². The predicted molar refractivity (Wildman–Crippen MR) is 89.4 cm³/mol. The van der Waals surface area contributed by atoms with Crippen molar-refractivity contribution < 1.29 is 18.7 Å². The number of carbonyl (C=O) groups is 2. The van der Waals surface area contributed by atoms with Crippen LogP contribution >= 0.6 is 27.5 Å². The van der Waals surface area contributed by atoms with Crippen molar-refractivity contribution in [3.05, 3.63) is 39.7 Å². The number of esters is 1. The quantitative estimate of drug-likeness (QED) is 0.751. The van der Waals surface area contributed by atoms with Crippen LogP contribution in [0.25, 0.3) is 0 Å². The van der Waals surface area contributed by atoms with Crippen LogP contribution in [0.5, 0.6) is 0 Å². The lowest BCUT2D eigenvalue weighted by Crippen LogP contribution is -2.21. The maximum absolute atomic E-state index is 13.6. The lowest BCUT2D eigenvalue weighted by molar-refractivity contribution is -0.119. The van der Waals surface area contributed by atoms with Gasteiger partial charge in [-0.2, -0.15) is 4.37 Å². The number of aromatic nitrogens is 1. The molecule has 0 saturated carbocycles. The number of ether oxygens (including phenoxy) is 1. The Morgan fingerprint density at radius 3 is 2.83 bits per heavy atom. The van der Waals surface area contributed by atoms with E-state index in [2.05, 4.69) is 30.9 Å². The molecule has 0 fully saturated rings. The molecule has 0 atom stereocenters. The Hall–Kier alpha value is -2.00. The second-order valence-electron chi connectivity index (χ2n) is 4.47. The number of anilines is 2. The molecule has 2 rings (SSSR count). The molecular weight excluding hydrogens is 389 g/mol. The first kappa shape index (κ1) is 17.4. The molecule has 2 N–H and O–H groups in total. The highest BCUT2D eigenvalue weighted by Gasteiger charge is 2.20. The standard InChI is InChI=1S/C14H13BrFN3O3S/c1-7-12(13(17-2)23-19-7)14(21)22-6-11(20)18-10-4-3-8(15)5-9(10)16/h3-5,17H,6H2,1-2H3,(H,18,20). The van der Waals surface area contributed by atoms with Gasteiger partial charge in [-0.05, 0) is 36.7 Å². The van der Waals surface area contributed by atoms with Gasteiger partial charge >= 0.3 is 5.97 Å². The average Bonchev–Trinajstić information content (AvgIpc) is 2.88. The molecule has 9 heteroatoms. The molecular formula is C14H13BrFN3O3S. The molecule has 0 aliphatic carbocycles. The van der Waals surface area contributed by atoms with Crippen LogP contribution in [0, 0.1) is 12.7 Å². The molecule has 0 unspecified atom stereocenters. The van der Waals surface area contributed by atoms with Gasteiger partial charge in [0, 0.05) is 11.5 Å². The highest BCUT2D eigenvalue weighted by Crippen LogP contribution is 2.24. The van der Waals surface area contributed by atoms with E-state index in [4.69, 9.17) is 4.74 Å². The highest BCUT2D eigenvalue weighted by atomic mass is 79.9. The lowest BCUT2D eigenvalue weighted by Gasteiger charge is -2.08. The number of hydrogen-bond acceptors (Lipinski definition) is 6. The second kappa shape index (κ2) is 7.51. The van der Waals surface area contributed by atoms with Crippen molar-refractivity contribution in [1.29, 1.82) is 0 Å². The van der Waals surface area contributed by atoms with Crippen molar-refractivity contribution in [1.82, 2.24) is 4.37 Å². The molecule has 23 heavy (non-hydrogen) atoms. The smallest absolute Gasteiger partial charge is 0.343 e. The van der Waals surface area contributed by atoms with E-state index in [-0.39, 0.29) is 5.69 Å². The second-order valence-corrected chi connectivity index (χ2v) is 6.16. The molecule has 1 amide bonds. The van der Waals surface area contributed by atoms with E-state index in [0.717, 1.165) is 11.5 Å². The summed E-state index contributed by atoms with van der Waals surface area (Å²) in [5.74, 6) is -1.88. The fourth-order valence-electron chi connectivity index (χ4n) is 1.76. The predicted octanol–water partition coefficient (Wildman–Crippen LogP) is 3.19. The summed E-state index contributed by atoms with van der Waals surface area (Å²) in [7, 11) is 1.66. The normalized spacial score (nSPS) is 10.3. The minimum atomic E-state index is -0.660. The molecule has 2 aromatic rings. The maximum atomic E-state index is 13.6. The average molecular weight is 402 g/mol. The van der Waals surface area contributed by atoms with E-state index in [1.54, 1.807) is 20.0 Å². The van der Waals surface area contributed by atoms with Crippen molar-refractivity contribution >= 4 is 50.0 Å². The highest BCUT2D eigenvalue weighted by molar-refractivity contribution is 9.10. The van der Waals surface area contributed by atoms with E-state index in [1.165, 1.54) is 12.1 Å². The number of carbonyl (C=O) groups excluding carboxylic acids is 2.